The third kappa shape index (κ3) is 3.88. The van der Waals surface area contributed by atoms with Gasteiger partial charge in [-0.2, -0.15) is 0 Å². The highest BCUT2D eigenvalue weighted by atomic mass is 32.2. The first kappa shape index (κ1) is 17.2. The number of ether oxygens (including phenoxy) is 1. The number of rotatable bonds is 4. The van der Waals surface area contributed by atoms with E-state index in [1.807, 2.05) is 16.7 Å². The highest BCUT2D eigenvalue weighted by Gasteiger charge is 2.38. The summed E-state index contributed by atoms with van der Waals surface area (Å²) in [6, 6.07) is 0.216. The smallest absolute Gasteiger partial charge is 0.237 e. The SMILES string of the molecule is CCN(CC(=O)N1CCO[C@@H]2CCCC[C@@H]21)[C@@H]1CCS(=O)(=O)C1. The second-order valence-electron chi connectivity index (χ2n) is 6.97. The van der Waals surface area contributed by atoms with Gasteiger partial charge in [-0.15, -0.1) is 0 Å². The van der Waals surface area contributed by atoms with Crippen molar-refractivity contribution in [3.63, 3.8) is 0 Å². The topological polar surface area (TPSA) is 66.9 Å². The number of carbonyl (C=O) groups excluding carboxylic acids is 1. The number of carbonyl (C=O) groups is 1. The van der Waals surface area contributed by atoms with Crippen molar-refractivity contribution < 1.29 is 17.9 Å². The van der Waals surface area contributed by atoms with Crippen molar-refractivity contribution in [1.82, 2.24) is 9.80 Å². The van der Waals surface area contributed by atoms with Crippen molar-refractivity contribution >= 4 is 15.7 Å². The van der Waals surface area contributed by atoms with Crippen molar-refractivity contribution in [3.8, 4) is 0 Å². The molecule has 7 heteroatoms. The number of nitrogens with zero attached hydrogens (tertiary/aromatic N) is 2. The maximum Gasteiger partial charge on any atom is 0.237 e. The van der Waals surface area contributed by atoms with Crippen LogP contribution in [0.3, 0.4) is 0 Å². The molecule has 1 saturated carbocycles. The first-order valence-corrected chi connectivity index (χ1v) is 10.7. The van der Waals surface area contributed by atoms with Crippen molar-refractivity contribution in [2.75, 3.05) is 37.7 Å². The number of likely N-dealkylation sites (N-methyl/N-ethyl adjacent to an activating group) is 1. The lowest BCUT2D eigenvalue weighted by molar-refractivity contribution is -0.151. The van der Waals surface area contributed by atoms with Gasteiger partial charge < -0.3 is 9.64 Å². The fraction of sp³-hybridized carbons (Fsp3) is 0.938. The lowest BCUT2D eigenvalue weighted by atomic mass is 9.90. The molecule has 132 valence electrons. The van der Waals surface area contributed by atoms with Gasteiger partial charge in [-0.3, -0.25) is 9.69 Å². The van der Waals surface area contributed by atoms with Crippen molar-refractivity contribution in [2.45, 2.75) is 57.2 Å². The van der Waals surface area contributed by atoms with Gasteiger partial charge >= 0.3 is 0 Å². The molecule has 3 aliphatic rings. The minimum absolute atomic E-state index is 0.00265. The fourth-order valence-corrected chi connectivity index (χ4v) is 5.99. The molecule has 1 aliphatic carbocycles. The second kappa shape index (κ2) is 7.07. The normalized spacial score (nSPS) is 33.7. The molecule has 0 aromatic carbocycles. The summed E-state index contributed by atoms with van der Waals surface area (Å²) in [5.74, 6) is 0.588. The molecule has 2 aliphatic heterocycles. The predicted molar refractivity (Wildman–Crippen MR) is 88.0 cm³/mol. The molecule has 0 aromatic heterocycles. The molecule has 6 nitrogen and oxygen atoms in total. The van der Waals surface area contributed by atoms with E-state index in [-0.39, 0.29) is 35.6 Å². The van der Waals surface area contributed by atoms with Gasteiger partial charge in [-0.05, 0) is 25.8 Å². The summed E-state index contributed by atoms with van der Waals surface area (Å²) in [6.45, 7) is 4.34. The predicted octanol–water partition coefficient (Wildman–Crippen LogP) is 0.665. The molecule has 1 amide bonds. The Kier molecular flexibility index (Phi) is 5.28. The van der Waals surface area contributed by atoms with Crippen LogP contribution in [-0.4, -0.2) is 80.1 Å². The zero-order valence-electron chi connectivity index (χ0n) is 13.9. The molecule has 0 spiro atoms. The lowest BCUT2D eigenvalue weighted by Crippen LogP contribution is -2.57. The zero-order valence-corrected chi connectivity index (χ0v) is 14.8. The largest absolute Gasteiger partial charge is 0.374 e. The Hall–Kier alpha value is -0.660. The van der Waals surface area contributed by atoms with Gasteiger partial charge in [0.05, 0.1) is 36.8 Å². The molecule has 3 fully saturated rings. The van der Waals surface area contributed by atoms with E-state index in [1.165, 1.54) is 6.42 Å². The van der Waals surface area contributed by atoms with Crippen LogP contribution < -0.4 is 0 Å². The van der Waals surface area contributed by atoms with Crippen molar-refractivity contribution in [2.24, 2.45) is 0 Å². The summed E-state index contributed by atoms with van der Waals surface area (Å²) < 4.78 is 29.2. The summed E-state index contributed by atoms with van der Waals surface area (Å²) in [7, 11) is -2.92. The molecular formula is C16H28N2O4S. The Labute approximate surface area is 139 Å². The second-order valence-corrected chi connectivity index (χ2v) is 9.20. The number of amides is 1. The average molecular weight is 344 g/mol. The maximum absolute atomic E-state index is 12.8. The van der Waals surface area contributed by atoms with E-state index in [9.17, 15) is 13.2 Å². The molecule has 2 saturated heterocycles. The maximum atomic E-state index is 12.8. The number of hydrogen-bond donors (Lipinski definition) is 0. The summed E-state index contributed by atoms with van der Waals surface area (Å²) >= 11 is 0. The number of sulfone groups is 1. The Morgan fingerprint density at radius 2 is 2.04 bits per heavy atom. The fourth-order valence-electron chi connectivity index (χ4n) is 4.23. The van der Waals surface area contributed by atoms with Gasteiger partial charge in [0.1, 0.15) is 0 Å². The molecule has 3 atom stereocenters. The van der Waals surface area contributed by atoms with Crippen LogP contribution in [0.5, 0.6) is 0 Å². The highest BCUT2D eigenvalue weighted by Crippen LogP contribution is 2.28. The van der Waals surface area contributed by atoms with Gasteiger partial charge in [-0.25, -0.2) is 8.42 Å². The van der Waals surface area contributed by atoms with E-state index in [2.05, 4.69) is 0 Å². The first-order chi connectivity index (χ1) is 11.0. The van der Waals surface area contributed by atoms with Crippen LogP contribution in [0.1, 0.15) is 39.0 Å². The standard InChI is InChI=1S/C16H28N2O4S/c1-2-17(13-7-10-23(20,21)12-13)11-16(19)18-8-9-22-15-6-4-3-5-14(15)18/h13-15H,2-12H2,1H3/t13-,14+,15-/m1/s1. The highest BCUT2D eigenvalue weighted by molar-refractivity contribution is 7.91. The first-order valence-electron chi connectivity index (χ1n) is 8.85. The van der Waals surface area contributed by atoms with E-state index in [0.717, 1.165) is 19.3 Å². The number of morpholine rings is 1. The zero-order chi connectivity index (χ0) is 16.4. The molecule has 0 unspecified atom stereocenters. The molecule has 2 heterocycles. The van der Waals surface area contributed by atoms with Crippen LogP contribution in [0, 0.1) is 0 Å². The molecule has 0 radical (unpaired) electrons. The van der Waals surface area contributed by atoms with Gasteiger partial charge in [0.15, 0.2) is 9.84 Å². The molecule has 3 rings (SSSR count). The van der Waals surface area contributed by atoms with Crippen LogP contribution in [0.15, 0.2) is 0 Å². The van der Waals surface area contributed by atoms with Crippen LogP contribution in [0.4, 0.5) is 0 Å². The molecule has 0 bridgehead atoms. The molecule has 0 N–H and O–H groups in total. The summed E-state index contributed by atoms with van der Waals surface area (Å²) in [5, 5.41) is 0. The molecule has 23 heavy (non-hydrogen) atoms. The average Bonchev–Trinajstić information content (AvgIpc) is 2.91. The van der Waals surface area contributed by atoms with Crippen molar-refractivity contribution in [3.05, 3.63) is 0 Å². The van der Waals surface area contributed by atoms with Gasteiger partial charge in [-0.1, -0.05) is 19.8 Å². The van der Waals surface area contributed by atoms with E-state index in [0.29, 0.717) is 32.7 Å². The van der Waals surface area contributed by atoms with Gasteiger partial charge in [0.25, 0.3) is 0 Å². The summed E-state index contributed by atoms with van der Waals surface area (Å²) in [5.41, 5.74) is 0. The Morgan fingerprint density at radius 3 is 2.74 bits per heavy atom. The monoisotopic (exact) mass is 344 g/mol. The Bertz CT molecular complexity index is 534. The Morgan fingerprint density at radius 1 is 1.26 bits per heavy atom. The minimum Gasteiger partial charge on any atom is -0.374 e. The van der Waals surface area contributed by atoms with Gasteiger partial charge in [0, 0.05) is 12.6 Å². The minimum atomic E-state index is -2.92. The van der Waals surface area contributed by atoms with E-state index in [1.54, 1.807) is 0 Å². The van der Waals surface area contributed by atoms with Crippen molar-refractivity contribution in [1.29, 1.82) is 0 Å². The Balaban J connectivity index is 1.62. The molecular weight excluding hydrogens is 316 g/mol. The van der Waals surface area contributed by atoms with Crippen LogP contribution >= 0.6 is 0 Å². The quantitative estimate of drug-likeness (QED) is 0.750. The third-order valence-electron chi connectivity index (χ3n) is 5.52. The van der Waals surface area contributed by atoms with E-state index in [4.69, 9.17) is 4.74 Å². The van der Waals surface area contributed by atoms with Gasteiger partial charge in [0.2, 0.25) is 5.91 Å². The summed E-state index contributed by atoms with van der Waals surface area (Å²) in [6.07, 6.45) is 5.27. The number of hydrogen-bond acceptors (Lipinski definition) is 5. The summed E-state index contributed by atoms with van der Waals surface area (Å²) in [4.78, 5) is 16.9. The van der Waals surface area contributed by atoms with E-state index < -0.39 is 9.84 Å². The van der Waals surface area contributed by atoms with Crippen LogP contribution in [-0.2, 0) is 19.4 Å². The third-order valence-corrected chi connectivity index (χ3v) is 7.27. The molecule has 0 aromatic rings. The number of fused-ring (bicyclic) bond motifs is 1. The van der Waals surface area contributed by atoms with E-state index >= 15 is 0 Å². The lowest BCUT2D eigenvalue weighted by Gasteiger charge is -2.44. The van der Waals surface area contributed by atoms with Crippen LogP contribution in [0.25, 0.3) is 0 Å². The van der Waals surface area contributed by atoms with Crippen LogP contribution in [0.2, 0.25) is 0 Å².